The number of aromatic nitrogens is 2. The summed E-state index contributed by atoms with van der Waals surface area (Å²) in [6.07, 6.45) is 0. The Morgan fingerprint density at radius 2 is 0.863 bits per heavy atom. The molecule has 0 aliphatic rings. The lowest BCUT2D eigenvalue weighted by Crippen LogP contribution is -1.99. The molecule has 0 saturated heterocycles. The molecular formula is C48H30N2S. The number of rotatable bonds is 4. The van der Waals surface area contributed by atoms with E-state index in [9.17, 15) is 0 Å². The molecule has 51 heavy (non-hydrogen) atoms. The van der Waals surface area contributed by atoms with Crippen molar-refractivity contribution in [1.82, 2.24) is 9.13 Å². The van der Waals surface area contributed by atoms with E-state index in [0.29, 0.717) is 0 Å². The van der Waals surface area contributed by atoms with Gasteiger partial charge in [0.1, 0.15) is 0 Å². The van der Waals surface area contributed by atoms with Crippen molar-refractivity contribution in [3.63, 3.8) is 0 Å². The van der Waals surface area contributed by atoms with Crippen LogP contribution in [0.3, 0.4) is 0 Å². The van der Waals surface area contributed by atoms with E-state index in [1.165, 1.54) is 97.4 Å². The minimum absolute atomic E-state index is 1.17. The van der Waals surface area contributed by atoms with Gasteiger partial charge in [-0.3, -0.25) is 0 Å². The Hall–Kier alpha value is -6.42. The lowest BCUT2D eigenvalue weighted by Gasteiger charge is -2.17. The molecule has 0 N–H and O–H groups in total. The van der Waals surface area contributed by atoms with Crippen molar-refractivity contribution < 1.29 is 0 Å². The summed E-state index contributed by atoms with van der Waals surface area (Å²) in [7, 11) is 0. The van der Waals surface area contributed by atoms with Gasteiger partial charge in [-0.05, 0) is 65.2 Å². The van der Waals surface area contributed by atoms with Gasteiger partial charge in [0, 0.05) is 53.0 Å². The standard InChI is InChI=1S/C48H30N2S/c1-2-12-31(13-3-1)32-22-24-33(25-23-32)35-27-29-46-47(39-17-7-11-21-45(39)51-46)48(35)50-43-20-10-6-16-38(43)40-30-34(26-28-44(40)50)49-41-18-8-4-14-36(41)37-15-5-9-19-42(37)49/h1-30H. The molecule has 0 unspecified atom stereocenters. The fourth-order valence-corrected chi connectivity index (χ4v) is 9.39. The molecule has 0 aliphatic carbocycles. The van der Waals surface area contributed by atoms with E-state index in [2.05, 4.69) is 191 Å². The molecule has 0 amide bonds. The van der Waals surface area contributed by atoms with Gasteiger partial charge in [0.05, 0.1) is 27.8 Å². The quantitative estimate of drug-likeness (QED) is 0.177. The van der Waals surface area contributed by atoms with Gasteiger partial charge in [0.2, 0.25) is 0 Å². The van der Waals surface area contributed by atoms with Crippen LogP contribution in [-0.4, -0.2) is 9.13 Å². The molecule has 0 fully saturated rings. The van der Waals surface area contributed by atoms with E-state index >= 15 is 0 Å². The summed E-state index contributed by atoms with van der Waals surface area (Å²) in [5.74, 6) is 0. The van der Waals surface area contributed by atoms with Crippen molar-refractivity contribution in [2.75, 3.05) is 0 Å². The van der Waals surface area contributed by atoms with Crippen LogP contribution in [0.25, 0.3) is 97.4 Å². The van der Waals surface area contributed by atoms with Gasteiger partial charge in [-0.2, -0.15) is 0 Å². The molecule has 0 radical (unpaired) electrons. The summed E-state index contributed by atoms with van der Waals surface area (Å²) in [4.78, 5) is 0. The monoisotopic (exact) mass is 666 g/mol. The van der Waals surface area contributed by atoms with Crippen molar-refractivity contribution in [2.45, 2.75) is 0 Å². The Morgan fingerprint density at radius 3 is 1.57 bits per heavy atom. The van der Waals surface area contributed by atoms with Crippen LogP contribution in [0.5, 0.6) is 0 Å². The van der Waals surface area contributed by atoms with E-state index in [4.69, 9.17) is 0 Å². The molecule has 0 atom stereocenters. The molecule has 238 valence electrons. The highest BCUT2D eigenvalue weighted by Gasteiger charge is 2.22. The minimum atomic E-state index is 1.17. The Kier molecular flexibility index (Phi) is 6.16. The first-order chi connectivity index (χ1) is 25.3. The highest BCUT2D eigenvalue weighted by atomic mass is 32.1. The lowest BCUT2D eigenvalue weighted by molar-refractivity contribution is 1.17. The van der Waals surface area contributed by atoms with Crippen LogP contribution in [0, 0.1) is 0 Å². The third-order valence-corrected chi connectivity index (χ3v) is 11.7. The molecule has 11 rings (SSSR count). The second kappa shape index (κ2) is 11.0. The molecule has 0 spiro atoms. The third-order valence-electron chi connectivity index (χ3n) is 10.5. The van der Waals surface area contributed by atoms with Crippen molar-refractivity contribution in [3.8, 4) is 33.6 Å². The molecule has 11 aromatic rings. The summed E-state index contributed by atoms with van der Waals surface area (Å²) in [5, 5.41) is 7.63. The third kappa shape index (κ3) is 4.22. The van der Waals surface area contributed by atoms with E-state index < -0.39 is 0 Å². The maximum Gasteiger partial charge on any atom is 0.0633 e. The normalized spacial score (nSPS) is 11.9. The molecule has 3 aromatic heterocycles. The second-order valence-corrected chi connectivity index (χ2v) is 14.4. The van der Waals surface area contributed by atoms with Gasteiger partial charge in [0.15, 0.2) is 0 Å². The highest BCUT2D eigenvalue weighted by Crippen LogP contribution is 2.46. The van der Waals surface area contributed by atoms with Crippen molar-refractivity contribution in [2.24, 2.45) is 0 Å². The zero-order valence-corrected chi connectivity index (χ0v) is 28.4. The summed E-state index contributed by atoms with van der Waals surface area (Å²) >= 11 is 1.87. The highest BCUT2D eigenvalue weighted by molar-refractivity contribution is 7.25. The van der Waals surface area contributed by atoms with Crippen LogP contribution >= 0.6 is 11.3 Å². The smallest absolute Gasteiger partial charge is 0.0633 e. The molecular weight excluding hydrogens is 637 g/mol. The number of hydrogen-bond donors (Lipinski definition) is 0. The topological polar surface area (TPSA) is 9.86 Å². The van der Waals surface area contributed by atoms with Crippen molar-refractivity contribution in [3.05, 3.63) is 182 Å². The molecule has 0 bridgehead atoms. The largest absolute Gasteiger partial charge is 0.309 e. The van der Waals surface area contributed by atoms with Crippen LogP contribution in [0.2, 0.25) is 0 Å². The van der Waals surface area contributed by atoms with Gasteiger partial charge in [0.25, 0.3) is 0 Å². The minimum Gasteiger partial charge on any atom is -0.309 e. The van der Waals surface area contributed by atoms with Gasteiger partial charge in [-0.1, -0.05) is 133 Å². The predicted molar refractivity (Wildman–Crippen MR) is 219 cm³/mol. The Balaban J connectivity index is 1.22. The fraction of sp³-hybridized carbons (Fsp3) is 0. The van der Waals surface area contributed by atoms with E-state index in [-0.39, 0.29) is 0 Å². The predicted octanol–water partition coefficient (Wildman–Crippen LogP) is 13.6. The molecule has 2 nitrogen and oxygen atoms in total. The van der Waals surface area contributed by atoms with E-state index in [0.717, 1.165) is 0 Å². The Labute approximate surface area is 298 Å². The molecule has 3 heteroatoms. The first-order valence-corrected chi connectivity index (χ1v) is 18.3. The lowest BCUT2D eigenvalue weighted by atomic mass is 9.97. The molecule has 0 aliphatic heterocycles. The summed E-state index contributed by atoms with van der Waals surface area (Å²) in [5.41, 5.74) is 12.1. The van der Waals surface area contributed by atoms with Crippen LogP contribution in [0.15, 0.2) is 182 Å². The maximum atomic E-state index is 2.53. The van der Waals surface area contributed by atoms with Gasteiger partial charge in [-0.25, -0.2) is 0 Å². The summed E-state index contributed by atoms with van der Waals surface area (Å²) < 4.78 is 7.55. The SMILES string of the molecule is c1ccc(-c2ccc(-c3ccc4sc5ccccc5c4c3-n3c4ccccc4c4cc(-n5c6ccccc6c6ccccc65)ccc43)cc2)cc1. The van der Waals surface area contributed by atoms with E-state index in [1.807, 2.05) is 11.3 Å². The number of benzene rings is 8. The Bertz CT molecular complexity index is 3070. The number of hydrogen-bond acceptors (Lipinski definition) is 1. The average molecular weight is 667 g/mol. The van der Waals surface area contributed by atoms with Crippen LogP contribution in [0.4, 0.5) is 0 Å². The van der Waals surface area contributed by atoms with Crippen LogP contribution < -0.4 is 0 Å². The maximum absolute atomic E-state index is 2.53. The number of fused-ring (bicyclic) bond motifs is 9. The number of nitrogens with zero attached hydrogens (tertiary/aromatic N) is 2. The van der Waals surface area contributed by atoms with Gasteiger partial charge in [-0.15, -0.1) is 11.3 Å². The molecule has 8 aromatic carbocycles. The zero-order valence-electron chi connectivity index (χ0n) is 27.6. The van der Waals surface area contributed by atoms with Gasteiger partial charge < -0.3 is 9.13 Å². The number of para-hydroxylation sites is 3. The van der Waals surface area contributed by atoms with Crippen LogP contribution in [-0.2, 0) is 0 Å². The van der Waals surface area contributed by atoms with Crippen LogP contribution in [0.1, 0.15) is 0 Å². The first-order valence-electron chi connectivity index (χ1n) is 17.4. The summed E-state index contributed by atoms with van der Waals surface area (Å²) in [6, 6.07) is 66.7. The molecule has 0 saturated carbocycles. The van der Waals surface area contributed by atoms with E-state index in [1.54, 1.807) is 0 Å². The number of thiophene rings is 1. The zero-order chi connectivity index (χ0) is 33.5. The average Bonchev–Trinajstić information content (AvgIpc) is 3.86. The summed E-state index contributed by atoms with van der Waals surface area (Å²) in [6.45, 7) is 0. The Morgan fingerprint density at radius 1 is 0.333 bits per heavy atom. The van der Waals surface area contributed by atoms with Crippen molar-refractivity contribution in [1.29, 1.82) is 0 Å². The fourth-order valence-electron chi connectivity index (χ4n) is 8.28. The first kappa shape index (κ1) is 28.4. The van der Waals surface area contributed by atoms with Crippen molar-refractivity contribution >= 4 is 75.1 Å². The van der Waals surface area contributed by atoms with Gasteiger partial charge >= 0.3 is 0 Å². The molecule has 3 heterocycles. The second-order valence-electron chi connectivity index (χ2n) is 13.3.